The van der Waals surface area contributed by atoms with Crippen molar-refractivity contribution in [3.63, 3.8) is 0 Å². The number of carbonyl (C=O) groups excluding carboxylic acids is 1. The van der Waals surface area contributed by atoms with Gasteiger partial charge < -0.3 is 10.5 Å². The summed E-state index contributed by atoms with van der Waals surface area (Å²) < 4.78 is 5.28. The molecule has 2 heterocycles. The Balaban J connectivity index is 2.19. The number of ether oxygens (including phenoxy) is 1. The molecule has 2 aromatic rings. The molecule has 0 spiro atoms. The predicted octanol–water partition coefficient (Wildman–Crippen LogP) is 2.87. The van der Waals surface area contributed by atoms with Gasteiger partial charge in [-0.05, 0) is 0 Å². The van der Waals surface area contributed by atoms with Crippen LogP contribution in [0.4, 0.5) is 10.5 Å². The van der Waals surface area contributed by atoms with Gasteiger partial charge in [-0.15, -0.1) is 0 Å². The Hall–Kier alpha value is -2.21. The third-order valence-electron chi connectivity index (χ3n) is 3.00. The first-order chi connectivity index (χ1) is 9.72. The molecule has 6 heteroatoms. The van der Waals surface area contributed by atoms with Crippen molar-refractivity contribution >= 4 is 23.5 Å². The molecule has 5 nitrogen and oxygen atoms in total. The van der Waals surface area contributed by atoms with Crippen molar-refractivity contribution in [2.24, 2.45) is 5.73 Å². The van der Waals surface area contributed by atoms with E-state index >= 15 is 0 Å². The SMILES string of the molecule is COc1cnc(-c2ccccc2)c2c1N(C(N)=O)[CH]S2. The molecule has 0 saturated carbocycles. The first kappa shape index (κ1) is 12.8. The van der Waals surface area contributed by atoms with Crippen molar-refractivity contribution in [1.29, 1.82) is 0 Å². The summed E-state index contributed by atoms with van der Waals surface area (Å²) in [6.45, 7) is 0. The fourth-order valence-corrected chi connectivity index (χ4v) is 3.09. The van der Waals surface area contributed by atoms with Crippen molar-refractivity contribution in [3.8, 4) is 17.0 Å². The summed E-state index contributed by atoms with van der Waals surface area (Å²) in [6.07, 6.45) is 1.61. The summed E-state index contributed by atoms with van der Waals surface area (Å²) >= 11 is 1.41. The molecular weight excluding hydrogens is 274 g/mol. The van der Waals surface area contributed by atoms with Crippen LogP contribution in [0.2, 0.25) is 0 Å². The van der Waals surface area contributed by atoms with Crippen molar-refractivity contribution in [2.75, 3.05) is 12.0 Å². The van der Waals surface area contributed by atoms with Crippen LogP contribution in [0.25, 0.3) is 11.3 Å². The smallest absolute Gasteiger partial charge is 0.320 e. The zero-order valence-corrected chi connectivity index (χ0v) is 11.6. The number of thioether (sulfide) groups is 1. The fraction of sp³-hybridized carbons (Fsp3) is 0.0714. The number of methoxy groups -OCH3 is 1. The van der Waals surface area contributed by atoms with Gasteiger partial charge in [-0.25, -0.2) is 4.79 Å². The average molecular weight is 286 g/mol. The second-order valence-electron chi connectivity index (χ2n) is 4.15. The van der Waals surface area contributed by atoms with E-state index in [1.54, 1.807) is 19.2 Å². The lowest BCUT2D eigenvalue weighted by atomic mass is 10.1. The molecule has 2 N–H and O–H groups in total. The maximum Gasteiger partial charge on any atom is 0.320 e. The summed E-state index contributed by atoms with van der Waals surface area (Å²) in [5.74, 6) is 2.20. The number of urea groups is 1. The van der Waals surface area contributed by atoms with Crippen LogP contribution in [0, 0.1) is 5.88 Å². The van der Waals surface area contributed by atoms with Crippen LogP contribution in [-0.4, -0.2) is 18.1 Å². The van der Waals surface area contributed by atoms with Gasteiger partial charge in [-0.1, -0.05) is 42.1 Å². The molecule has 1 aromatic carbocycles. The van der Waals surface area contributed by atoms with Crippen LogP contribution in [0.5, 0.6) is 5.75 Å². The Labute approximate surface area is 120 Å². The van der Waals surface area contributed by atoms with Gasteiger partial charge in [0.15, 0.2) is 5.75 Å². The van der Waals surface area contributed by atoms with Gasteiger partial charge in [-0.2, -0.15) is 0 Å². The highest BCUT2D eigenvalue weighted by atomic mass is 32.2. The summed E-state index contributed by atoms with van der Waals surface area (Å²) in [5, 5.41) is 0. The number of benzene rings is 1. The van der Waals surface area contributed by atoms with Gasteiger partial charge in [-0.3, -0.25) is 9.88 Å². The minimum atomic E-state index is -0.542. The minimum absolute atomic E-state index is 0.528. The molecule has 1 aliphatic heterocycles. The summed E-state index contributed by atoms with van der Waals surface area (Å²) in [5.41, 5.74) is 7.84. The normalized spacial score (nSPS) is 13.2. The lowest BCUT2D eigenvalue weighted by Crippen LogP contribution is -2.31. The second-order valence-corrected chi connectivity index (χ2v) is 5.01. The molecule has 0 fully saturated rings. The van der Waals surface area contributed by atoms with Gasteiger partial charge in [0.25, 0.3) is 0 Å². The lowest BCUT2D eigenvalue weighted by Gasteiger charge is -2.16. The van der Waals surface area contributed by atoms with Crippen molar-refractivity contribution < 1.29 is 9.53 Å². The van der Waals surface area contributed by atoms with E-state index in [-0.39, 0.29) is 0 Å². The van der Waals surface area contributed by atoms with E-state index in [0.29, 0.717) is 11.4 Å². The van der Waals surface area contributed by atoms with E-state index in [4.69, 9.17) is 10.5 Å². The number of carbonyl (C=O) groups is 1. The molecular formula is C14H12N3O2S. The number of anilines is 1. The highest BCUT2D eigenvalue weighted by Crippen LogP contribution is 2.50. The molecule has 1 aromatic heterocycles. The van der Waals surface area contributed by atoms with Gasteiger partial charge in [0.1, 0.15) is 11.6 Å². The molecule has 20 heavy (non-hydrogen) atoms. The van der Waals surface area contributed by atoms with Gasteiger partial charge >= 0.3 is 6.03 Å². The Morgan fingerprint density at radius 2 is 2.10 bits per heavy atom. The summed E-state index contributed by atoms with van der Waals surface area (Å²) in [4.78, 5) is 18.2. The molecule has 0 aliphatic carbocycles. The molecule has 0 bridgehead atoms. The number of nitrogens with two attached hydrogens (primary N) is 1. The number of rotatable bonds is 2. The maximum absolute atomic E-state index is 11.5. The Kier molecular flexibility index (Phi) is 3.23. The van der Waals surface area contributed by atoms with Gasteiger partial charge in [0.2, 0.25) is 0 Å². The number of pyridine rings is 1. The highest BCUT2D eigenvalue weighted by molar-refractivity contribution is 8.02. The summed E-state index contributed by atoms with van der Waals surface area (Å²) in [6, 6.07) is 9.25. The lowest BCUT2D eigenvalue weighted by molar-refractivity contribution is 0.255. The second kappa shape index (κ2) is 5.05. The quantitative estimate of drug-likeness (QED) is 0.921. The fourth-order valence-electron chi connectivity index (χ4n) is 2.08. The number of primary amides is 1. The number of aromatic nitrogens is 1. The average Bonchev–Trinajstić information content (AvgIpc) is 2.92. The number of nitrogens with zero attached hydrogens (tertiary/aromatic N) is 2. The Morgan fingerprint density at radius 1 is 1.35 bits per heavy atom. The van der Waals surface area contributed by atoms with Crippen LogP contribution in [0.1, 0.15) is 0 Å². The van der Waals surface area contributed by atoms with Crippen LogP contribution in [0.3, 0.4) is 0 Å². The van der Waals surface area contributed by atoms with Gasteiger partial charge in [0.05, 0.1) is 23.9 Å². The molecule has 1 radical (unpaired) electrons. The highest BCUT2D eigenvalue weighted by Gasteiger charge is 2.31. The van der Waals surface area contributed by atoms with E-state index in [0.717, 1.165) is 16.2 Å². The van der Waals surface area contributed by atoms with Crippen molar-refractivity contribution in [3.05, 3.63) is 42.4 Å². The molecule has 1 aliphatic rings. The van der Waals surface area contributed by atoms with E-state index in [1.165, 1.54) is 16.7 Å². The molecule has 0 unspecified atom stereocenters. The van der Waals surface area contributed by atoms with Gasteiger partial charge in [0, 0.05) is 5.56 Å². The molecule has 2 amide bonds. The van der Waals surface area contributed by atoms with Crippen LogP contribution in [0.15, 0.2) is 41.4 Å². The zero-order chi connectivity index (χ0) is 14.1. The topological polar surface area (TPSA) is 68.4 Å². The number of fused-ring (bicyclic) bond motifs is 1. The maximum atomic E-state index is 11.5. The summed E-state index contributed by atoms with van der Waals surface area (Å²) in [7, 11) is 1.54. The standard InChI is InChI=1S/C14H12N3O2S/c1-19-10-7-16-11(9-5-3-2-4-6-9)13-12(10)17(8-20-13)14(15)18/h2-8H,1H3,(H2,15,18). The van der Waals surface area contributed by atoms with Crippen LogP contribution < -0.4 is 15.4 Å². The number of amides is 2. The number of hydrogen-bond donors (Lipinski definition) is 1. The largest absolute Gasteiger partial charge is 0.493 e. The predicted molar refractivity (Wildman–Crippen MR) is 78.4 cm³/mol. The first-order valence-electron chi connectivity index (χ1n) is 5.93. The third kappa shape index (κ3) is 1.98. The van der Waals surface area contributed by atoms with E-state index in [1.807, 2.05) is 30.3 Å². The van der Waals surface area contributed by atoms with Crippen molar-refractivity contribution in [1.82, 2.24) is 4.98 Å². The Bertz CT molecular complexity index is 661. The van der Waals surface area contributed by atoms with Crippen LogP contribution in [-0.2, 0) is 0 Å². The zero-order valence-electron chi connectivity index (χ0n) is 10.7. The van der Waals surface area contributed by atoms with Crippen LogP contribution >= 0.6 is 11.8 Å². The molecule has 3 rings (SSSR count). The van der Waals surface area contributed by atoms with Crippen molar-refractivity contribution in [2.45, 2.75) is 4.90 Å². The Morgan fingerprint density at radius 3 is 2.75 bits per heavy atom. The monoisotopic (exact) mass is 286 g/mol. The van der Waals surface area contributed by atoms with E-state index in [2.05, 4.69) is 4.98 Å². The molecule has 101 valence electrons. The van der Waals surface area contributed by atoms with E-state index in [9.17, 15) is 4.79 Å². The first-order valence-corrected chi connectivity index (χ1v) is 6.81. The third-order valence-corrected chi connectivity index (χ3v) is 3.93. The molecule has 0 saturated heterocycles. The minimum Gasteiger partial charge on any atom is -0.493 e. The number of hydrogen-bond acceptors (Lipinski definition) is 4. The van der Waals surface area contributed by atoms with E-state index < -0.39 is 6.03 Å². The molecule has 0 atom stereocenters.